The monoisotopic (exact) mass is 410 g/mol. The van der Waals surface area contributed by atoms with Gasteiger partial charge in [0.2, 0.25) is 5.82 Å². The van der Waals surface area contributed by atoms with Gasteiger partial charge in [-0.05, 0) is 30.2 Å². The van der Waals surface area contributed by atoms with Crippen LogP contribution in [0.1, 0.15) is 30.6 Å². The Morgan fingerprint density at radius 1 is 1.10 bits per heavy atom. The summed E-state index contributed by atoms with van der Waals surface area (Å²) in [7, 11) is 0. The van der Waals surface area contributed by atoms with E-state index in [1.165, 1.54) is 6.07 Å². The molecule has 0 aliphatic rings. The molecule has 1 heterocycles. The van der Waals surface area contributed by atoms with Crippen molar-refractivity contribution in [2.45, 2.75) is 25.6 Å². The number of ether oxygens (including phenoxy) is 1. The van der Waals surface area contributed by atoms with Crippen molar-refractivity contribution in [1.82, 2.24) is 10.1 Å². The quantitative estimate of drug-likeness (QED) is 0.542. The number of aliphatic hydroxyl groups is 1. The Bertz CT molecular complexity index is 955. The minimum atomic E-state index is -4.69. The fourth-order valence-electron chi connectivity index (χ4n) is 2.71. The minimum Gasteiger partial charge on any atom is -0.490 e. The van der Waals surface area contributed by atoms with Crippen LogP contribution in [-0.4, -0.2) is 28.5 Å². The molecule has 1 unspecified atom stereocenters. The molecule has 5 nitrogen and oxygen atoms in total. The molecule has 0 fully saturated rings. The summed E-state index contributed by atoms with van der Waals surface area (Å²) >= 11 is 0. The molecular formula is C20H18F4N2O3. The van der Waals surface area contributed by atoms with E-state index < -0.39 is 36.9 Å². The first-order valence-corrected chi connectivity index (χ1v) is 8.86. The lowest BCUT2D eigenvalue weighted by Crippen LogP contribution is -2.10. The smallest absolute Gasteiger partial charge is 0.419 e. The summed E-state index contributed by atoms with van der Waals surface area (Å²) in [6.07, 6.45) is -4.71. The summed E-state index contributed by atoms with van der Waals surface area (Å²) < 4.78 is 62.1. The zero-order valence-corrected chi connectivity index (χ0v) is 15.4. The average molecular weight is 410 g/mol. The molecule has 9 heteroatoms. The van der Waals surface area contributed by atoms with Gasteiger partial charge < -0.3 is 14.4 Å². The largest absolute Gasteiger partial charge is 0.490 e. The van der Waals surface area contributed by atoms with Crippen LogP contribution in [0.3, 0.4) is 0 Å². The van der Waals surface area contributed by atoms with Crippen LogP contribution in [-0.2, 0) is 6.18 Å². The van der Waals surface area contributed by atoms with Gasteiger partial charge in [-0.1, -0.05) is 36.3 Å². The Balaban J connectivity index is 1.90. The van der Waals surface area contributed by atoms with Crippen molar-refractivity contribution in [3.63, 3.8) is 0 Å². The van der Waals surface area contributed by atoms with Crippen molar-refractivity contribution < 1.29 is 31.9 Å². The lowest BCUT2D eigenvalue weighted by Gasteiger charge is -2.13. The van der Waals surface area contributed by atoms with Gasteiger partial charge in [-0.25, -0.2) is 4.39 Å². The van der Waals surface area contributed by atoms with Gasteiger partial charge in [0.05, 0.1) is 11.7 Å². The maximum Gasteiger partial charge on any atom is 0.419 e. The van der Waals surface area contributed by atoms with E-state index in [4.69, 9.17) is 9.26 Å². The lowest BCUT2D eigenvalue weighted by atomic mass is 10.1. The first-order chi connectivity index (χ1) is 13.8. The third-order valence-corrected chi connectivity index (χ3v) is 4.23. The van der Waals surface area contributed by atoms with Crippen molar-refractivity contribution in [3.05, 3.63) is 53.6 Å². The SMILES string of the molecule is CCC(O)c1ccc(-c2noc(-c3ccc(OCCF)c(C(F)(F)F)c3)n2)cc1. The number of aromatic nitrogens is 2. The second kappa shape index (κ2) is 8.60. The lowest BCUT2D eigenvalue weighted by molar-refractivity contribution is -0.138. The van der Waals surface area contributed by atoms with E-state index in [9.17, 15) is 22.7 Å². The predicted molar refractivity (Wildman–Crippen MR) is 96.9 cm³/mol. The second-order valence-electron chi connectivity index (χ2n) is 6.22. The summed E-state index contributed by atoms with van der Waals surface area (Å²) in [5.74, 6) is -0.368. The maximum absolute atomic E-state index is 13.3. The van der Waals surface area contributed by atoms with E-state index in [1.54, 1.807) is 24.3 Å². The van der Waals surface area contributed by atoms with Gasteiger partial charge in [-0.15, -0.1) is 0 Å². The van der Waals surface area contributed by atoms with E-state index in [0.717, 1.165) is 17.7 Å². The van der Waals surface area contributed by atoms with E-state index in [0.29, 0.717) is 12.0 Å². The fraction of sp³-hybridized carbons (Fsp3) is 0.300. The highest BCUT2D eigenvalue weighted by atomic mass is 19.4. The van der Waals surface area contributed by atoms with Crippen LogP contribution in [0.2, 0.25) is 0 Å². The van der Waals surface area contributed by atoms with Crippen LogP contribution in [0, 0.1) is 0 Å². The highest BCUT2D eigenvalue weighted by Crippen LogP contribution is 2.38. The Morgan fingerprint density at radius 2 is 1.79 bits per heavy atom. The van der Waals surface area contributed by atoms with Crippen LogP contribution in [0.25, 0.3) is 22.8 Å². The van der Waals surface area contributed by atoms with Crippen LogP contribution < -0.4 is 4.74 Å². The third kappa shape index (κ3) is 4.73. The predicted octanol–water partition coefficient (Wildman–Crippen LogP) is 5.21. The average Bonchev–Trinajstić information content (AvgIpc) is 3.21. The van der Waals surface area contributed by atoms with E-state index in [-0.39, 0.29) is 17.3 Å². The minimum absolute atomic E-state index is 0.0571. The van der Waals surface area contributed by atoms with Crippen LogP contribution in [0.5, 0.6) is 5.75 Å². The molecule has 0 aliphatic heterocycles. The maximum atomic E-state index is 13.3. The van der Waals surface area contributed by atoms with E-state index >= 15 is 0 Å². The summed E-state index contributed by atoms with van der Waals surface area (Å²) in [4.78, 5) is 4.15. The van der Waals surface area contributed by atoms with Crippen molar-refractivity contribution in [1.29, 1.82) is 0 Å². The van der Waals surface area contributed by atoms with Gasteiger partial charge in [0.25, 0.3) is 5.89 Å². The molecule has 0 radical (unpaired) electrons. The molecule has 0 spiro atoms. The summed E-state index contributed by atoms with van der Waals surface area (Å²) in [6, 6.07) is 10.1. The zero-order chi connectivity index (χ0) is 21.0. The molecule has 29 heavy (non-hydrogen) atoms. The Labute approximate surface area is 163 Å². The summed E-state index contributed by atoms with van der Waals surface area (Å²) in [5, 5.41) is 13.6. The topological polar surface area (TPSA) is 68.4 Å². The van der Waals surface area contributed by atoms with Crippen LogP contribution in [0.4, 0.5) is 17.6 Å². The number of rotatable bonds is 7. The van der Waals surface area contributed by atoms with Gasteiger partial charge in [-0.2, -0.15) is 18.2 Å². The van der Waals surface area contributed by atoms with Gasteiger partial charge in [-0.3, -0.25) is 0 Å². The van der Waals surface area contributed by atoms with Crippen molar-refractivity contribution in [2.24, 2.45) is 0 Å². The third-order valence-electron chi connectivity index (χ3n) is 4.23. The molecule has 3 aromatic rings. The van der Waals surface area contributed by atoms with Crippen LogP contribution in [0.15, 0.2) is 47.0 Å². The molecule has 0 bridgehead atoms. The molecule has 0 saturated heterocycles. The highest BCUT2D eigenvalue weighted by Gasteiger charge is 2.35. The van der Waals surface area contributed by atoms with Crippen molar-refractivity contribution >= 4 is 0 Å². The van der Waals surface area contributed by atoms with Gasteiger partial charge in [0, 0.05) is 11.1 Å². The van der Waals surface area contributed by atoms with E-state index in [1.807, 2.05) is 6.92 Å². The summed E-state index contributed by atoms with van der Waals surface area (Å²) in [6.45, 7) is 0.475. The normalized spacial score (nSPS) is 12.8. The Kier molecular flexibility index (Phi) is 6.17. The number of hydrogen-bond acceptors (Lipinski definition) is 5. The number of hydrogen-bond donors (Lipinski definition) is 1. The van der Waals surface area contributed by atoms with Crippen molar-refractivity contribution in [2.75, 3.05) is 13.3 Å². The number of alkyl halides is 4. The molecule has 1 atom stereocenters. The first-order valence-electron chi connectivity index (χ1n) is 8.86. The molecule has 3 rings (SSSR count). The zero-order valence-electron chi connectivity index (χ0n) is 15.4. The molecule has 0 amide bonds. The molecule has 1 N–H and O–H groups in total. The Morgan fingerprint density at radius 3 is 2.41 bits per heavy atom. The molecule has 0 aliphatic carbocycles. The first kappa shape index (κ1) is 20.8. The summed E-state index contributed by atoms with van der Waals surface area (Å²) in [5.41, 5.74) is 0.326. The standard InChI is InChI=1S/C20H18F4N2O3/c1-2-16(27)12-3-5-13(6-4-12)18-25-19(29-26-18)14-7-8-17(28-10-9-21)15(11-14)20(22,23)24/h3-8,11,16,27H,2,9-10H2,1H3. The second-order valence-corrected chi connectivity index (χ2v) is 6.22. The number of aliphatic hydroxyl groups excluding tert-OH is 1. The number of halogens is 4. The molecule has 1 aromatic heterocycles. The fourth-order valence-corrected chi connectivity index (χ4v) is 2.71. The van der Waals surface area contributed by atoms with Gasteiger partial charge >= 0.3 is 6.18 Å². The highest BCUT2D eigenvalue weighted by molar-refractivity contribution is 5.62. The molecule has 154 valence electrons. The number of benzene rings is 2. The van der Waals surface area contributed by atoms with Crippen LogP contribution >= 0.6 is 0 Å². The van der Waals surface area contributed by atoms with E-state index in [2.05, 4.69) is 10.1 Å². The van der Waals surface area contributed by atoms with Gasteiger partial charge in [0.15, 0.2) is 0 Å². The Hall–Kier alpha value is -2.94. The number of nitrogens with zero attached hydrogens (tertiary/aromatic N) is 2. The molecule has 2 aromatic carbocycles. The van der Waals surface area contributed by atoms with Gasteiger partial charge in [0.1, 0.15) is 19.0 Å². The molecule has 0 saturated carbocycles. The molecular weight excluding hydrogens is 392 g/mol. The van der Waals surface area contributed by atoms with Crippen molar-refractivity contribution in [3.8, 4) is 28.6 Å².